The number of carboxylic acids is 1. The van der Waals surface area contributed by atoms with Crippen LogP contribution in [0.15, 0.2) is 30.3 Å². The molecule has 0 saturated heterocycles. The largest absolute Gasteiger partial charge is 0.480 e. The summed E-state index contributed by atoms with van der Waals surface area (Å²) >= 11 is 0. The molecule has 0 aromatic heterocycles. The molecule has 0 aliphatic heterocycles. The number of rotatable bonds is 5. The molecule has 0 fully saturated rings. The van der Waals surface area contributed by atoms with Crippen LogP contribution in [0.3, 0.4) is 0 Å². The molecule has 4 N–H and O–H groups in total. The molecule has 2 atom stereocenters. The molecule has 0 radical (unpaired) electrons. The SMILES string of the molecule is CC(C)[C@H](NC(=O)[C@H](N)c1ccccc1)C(=O)O. The number of aliphatic carboxylic acids is 1. The normalized spacial score (nSPS) is 14.0. The third-order valence-corrected chi connectivity index (χ3v) is 2.67. The van der Waals surface area contributed by atoms with Crippen molar-refractivity contribution in [3.8, 4) is 0 Å². The van der Waals surface area contributed by atoms with E-state index in [0.717, 1.165) is 0 Å². The number of amides is 1. The van der Waals surface area contributed by atoms with Crippen LogP contribution in [0.1, 0.15) is 25.5 Å². The third-order valence-electron chi connectivity index (χ3n) is 2.67. The van der Waals surface area contributed by atoms with Gasteiger partial charge in [0.1, 0.15) is 12.1 Å². The minimum absolute atomic E-state index is 0.200. The Morgan fingerprint density at radius 1 is 1.22 bits per heavy atom. The second-order valence-electron chi connectivity index (χ2n) is 4.46. The van der Waals surface area contributed by atoms with E-state index < -0.39 is 24.0 Å². The molecule has 5 heteroatoms. The van der Waals surface area contributed by atoms with Crippen LogP contribution >= 0.6 is 0 Å². The molecule has 18 heavy (non-hydrogen) atoms. The highest BCUT2D eigenvalue weighted by atomic mass is 16.4. The minimum atomic E-state index is -1.06. The van der Waals surface area contributed by atoms with Gasteiger partial charge in [-0.25, -0.2) is 4.79 Å². The minimum Gasteiger partial charge on any atom is -0.480 e. The van der Waals surface area contributed by atoms with E-state index in [2.05, 4.69) is 5.32 Å². The van der Waals surface area contributed by atoms with E-state index in [1.807, 2.05) is 6.07 Å². The van der Waals surface area contributed by atoms with Crippen molar-refractivity contribution >= 4 is 11.9 Å². The number of hydrogen-bond acceptors (Lipinski definition) is 3. The molecule has 0 heterocycles. The van der Waals surface area contributed by atoms with Crippen LogP contribution in [-0.4, -0.2) is 23.0 Å². The van der Waals surface area contributed by atoms with Gasteiger partial charge in [-0.3, -0.25) is 4.79 Å². The van der Waals surface area contributed by atoms with Crippen molar-refractivity contribution < 1.29 is 14.7 Å². The van der Waals surface area contributed by atoms with Crippen LogP contribution in [-0.2, 0) is 9.59 Å². The fourth-order valence-electron chi connectivity index (χ4n) is 1.57. The van der Waals surface area contributed by atoms with Gasteiger partial charge in [0.25, 0.3) is 0 Å². The van der Waals surface area contributed by atoms with Crippen LogP contribution in [0.5, 0.6) is 0 Å². The number of carboxylic acid groups (broad SMARTS) is 1. The Kier molecular flexibility index (Phi) is 4.85. The van der Waals surface area contributed by atoms with E-state index in [4.69, 9.17) is 10.8 Å². The zero-order chi connectivity index (χ0) is 13.7. The van der Waals surface area contributed by atoms with Gasteiger partial charge in [0, 0.05) is 0 Å². The second-order valence-corrected chi connectivity index (χ2v) is 4.46. The average Bonchev–Trinajstić information content (AvgIpc) is 2.35. The van der Waals surface area contributed by atoms with Crippen molar-refractivity contribution in [3.63, 3.8) is 0 Å². The zero-order valence-electron chi connectivity index (χ0n) is 10.5. The molecule has 1 aromatic carbocycles. The van der Waals surface area contributed by atoms with Gasteiger partial charge in [-0.2, -0.15) is 0 Å². The summed E-state index contributed by atoms with van der Waals surface area (Å²) in [5.74, 6) is -1.74. The lowest BCUT2D eigenvalue weighted by Gasteiger charge is -2.20. The number of nitrogens with one attached hydrogen (secondary N) is 1. The quantitative estimate of drug-likeness (QED) is 0.724. The molecule has 1 aromatic rings. The highest BCUT2D eigenvalue weighted by Crippen LogP contribution is 2.11. The summed E-state index contributed by atoms with van der Waals surface area (Å²) in [6.07, 6.45) is 0. The number of carbonyl (C=O) groups is 2. The first-order chi connectivity index (χ1) is 8.43. The van der Waals surface area contributed by atoms with E-state index in [0.29, 0.717) is 5.56 Å². The Balaban J connectivity index is 2.73. The first kappa shape index (κ1) is 14.2. The van der Waals surface area contributed by atoms with E-state index in [1.54, 1.807) is 38.1 Å². The standard InChI is InChI=1S/C13H18N2O3/c1-8(2)11(13(17)18)15-12(16)10(14)9-6-4-3-5-7-9/h3-8,10-11H,14H2,1-2H3,(H,15,16)(H,17,18)/t10-,11+/m1/s1. The van der Waals surface area contributed by atoms with Crippen LogP contribution in [0.2, 0.25) is 0 Å². The van der Waals surface area contributed by atoms with E-state index in [1.165, 1.54) is 0 Å². The Labute approximate surface area is 106 Å². The summed E-state index contributed by atoms with van der Waals surface area (Å²) < 4.78 is 0. The molecule has 0 aliphatic rings. The van der Waals surface area contributed by atoms with E-state index in [-0.39, 0.29) is 5.92 Å². The first-order valence-electron chi connectivity index (χ1n) is 5.77. The van der Waals surface area contributed by atoms with Crippen molar-refractivity contribution in [1.29, 1.82) is 0 Å². The molecule has 0 aliphatic carbocycles. The maximum absolute atomic E-state index is 11.9. The third kappa shape index (κ3) is 3.56. The van der Waals surface area contributed by atoms with Crippen LogP contribution in [0.25, 0.3) is 0 Å². The molecule has 5 nitrogen and oxygen atoms in total. The smallest absolute Gasteiger partial charge is 0.326 e. The molecule has 0 bridgehead atoms. The van der Waals surface area contributed by atoms with Crippen LogP contribution in [0, 0.1) is 5.92 Å². The van der Waals surface area contributed by atoms with Crippen molar-refractivity contribution in [2.24, 2.45) is 11.7 Å². The van der Waals surface area contributed by atoms with Crippen LogP contribution < -0.4 is 11.1 Å². The topological polar surface area (TPSA) is 92.4 Å². The van der Waals surface area contributed by atoms with Gasteiger partial charge in [0.15, 0.2) is 0 Å². The predicted octanol–water partition coefficient (Wildman–Crippen LogP) is 0.912. The van der Waals surface area contributed by atoms with Gasteiger partial charge in [0.2, 0.25) is 5.91 Å². The molecular weight excluding hydrogens is 232 g/mol. The maximum Gasteiger partial charge on any atom is 0.326 e. The predicted molar refractivity (Wildman–Crippen MR) is 67.8 cm³/mol. The molecule has 0 unspecified atom stereocenters. The van der Waals surface area contributed by atoms with Crippen molar-refractivity contribution in [2.45, 2.75) is 25.9 Å². The van der Waals surface area contributed by atoms with E-state index >= 15 is 0 Å². The Morgan fingerprint density at radius 2 is 1.78 bits per heavy atom. The summed E-state index contributed by atoms with van der Waals surface area (Å²) in [5.41, 5.74) is 6.44. The van der Waals surface area contributed by atoms with Crippen molar-refractivity contribution in [2.75, 3.05) is 0 Å². The van der Waals surface area contributed by atoms with Crippen LogP contribution in [0.4, 0.5) is 0 Å². The average molecular weight is 250 g/mol. The Bertz CT molecular complexity index is 418. The van der Waals surface area contributed by atoms with Gasteiger partial charge in [-0.1, -0.05) is 44.2 Å². The molecule has 98 valence electrons. The summed E-state index contributed by atoms with van der Waals surface area (Å²) in [5, 5.41) is 11.4. The lowest BCUT2D eigenvalue weighted by Crippen LogP contribution is -2.47. The molecule has 0 saturated carbocycles. The fourth-order valence-corrected chi connectivity index (χ4v) is 1.57. The van der Waals surface area contributed by atoms with Crippen molar-refractivity contribution in [3.05, 3.63) is 35.9 Å². The number of carbonyl (C=O) groups excluding carboxylic acids is 1. The first-order valence-corrected chi connectivity index (χ1v) is 5.77. The molecule has 1 amide bonds. The number of nitrogens with two attached hydrogens (primary N) is 1. The lowest BCUT2D eigenvalue weighted by atomic mass is 10.0. The molecule has 1 rings (SSSR count). The fraction of sp³-hybridized carbons (Fsp3) is 0.385. The van der Waals surface area contributed by atoms with Gasteiger partial charge >= 0.3 is 5.97 Å². The zero-order valence-corrected chi connectivity index (χ0v) is 10.5. The Morgan fingerprint density at radius 3 is 2.22 bits per heavy atom. The lowest BCUT2D eigenvalue weighted by molar-refractivity contribution is -0.143. The number of benzene rings is 1. The summed E-state index contributed by atoms with van der Waals surface area (Å²) in [6, 6.07) is 7.06. The summed E-state index contributed by atoms with van der Waals surface area (Å²) in [7, 11) is 0. The molecule has 0 spiro atoms. The maximum atomic E-state index is 11.9. The Hall–Kier alpha value is -1.88. The van der Waals surface area contributed by atoms with Gasteiger partial charge in [0.05, 0.1) is 0 Å². The number of hydrogen-bond donors (Lipinski definition) is 3. The van der Waals surface area contributed by atoms with Crippen molar-refractivity contribution in [1.82, 2.24) is 5.32 Å². The second kappa shape index (κ2) is 6.16. The molecular formula is C13H18N2O3. The summed E-state index contributed by atoms with van der Waals surface area (Å²) in [4.78, 5) is 22.8. The summed E-state index contributed by atoms with van der Waals surface area (Å²) in [6.45, 7) is 3.46. The van der Waals surface area contributed by atoms with Gasteiger partial charge in [-0.15, -0.1) is 0 Å². The van der Waals surface area contributed by atoms with E-state index in [9.17, 15) is 9.59 Å². The highest BCUT2D eigenvalue weighted by Gasteiger charge is 2.26. The highest BCUT2D eigenvalue weighted by molar-refractivity contribution is 5.87. The van der Waals surface area contributed by atoms with Gasteiger partial charge < -0.3 is 16.2 Å². The van der Waals surface area contributed by atoms with Gasteiger partial charge in [-0.05, 0) is 11.5 Å². The monoisotopic (exact) mass is 250 g/mol.